The predicted molar refractivity (Wildman–Crippen MR) is 111 cm³/mol. The number of amides is 2. The highest BCUT2D eigenvalue weighted by atomic mass is 35.5. The first kappa shape index (κ1) is 20.3. The highest BCUT2D eigenvalue weighted by Crippen LogP contribution is 2.51. The van der Waals surface area contributed by atoms with Crippen molar-refractivity contribution in [3.05, 3.63) is 22.7 Å². The van der Waals surface area contributed by atoms with E-state index >= 15 is 0 Å². The number of carbonyl (C=O) groups is 2. The van der Waals surface area contributed by atoms with Crippen LogP contribution in [0.3, 0.4) is 0 Å². The molecule has 0 radical (unpaired) electrons. The molecular formula is C22H29ClN2O4. The molecule has 2 saturated carbocycles. The summed E-state index contributed by atoms with van der Waals surface area (Å²) in [6.45, 7) is 5.87. The SMILES string of the molecule is CCC(C)(C)OC(=O)C1CC(Oc2ccc(Cl)c3c2C2(CCCC2)NC(=O)N3)C1. The molecule has 1 aromatic rings. The second-order valence-corrected chi connectivity index (χ2v) is 9.51. The number of halogens is 1. The maximum Gasteiger partial charge on any atom is 0.319 e. The Hall–Kier alpha value is -1.95. The van der Waals surface area contributed by atoms with E-state index in [0.717, 1.165) is 43.4 Å². The molecule has 1 aliphatic heterocycles. The lowest BCUT2D eigenvalue weighted by atomic mass is 9.81. The van der Waals surface area contributed by atoms with Crippen LogP contribution in [0.15, 0.2) is 12.1 Å². The Bertz CT molecular complexity index is 826. The van der Waals surface area contributed by atoms with Gasteiger partial charge >= 0.3 is 12.0 Å². The summed E-state index contributed by atoms with van der Waals surface area (Å²) in [7, 11) is 0. The van der Waals surface area contributed by atoms with Gasteiger partial charge in [0.1, 0.15) is 17.5 Å². The molecular weight excluding hydrogens is 392 g/mol. The number of urea groups is 1. The molecule has 2 N–H and O–H groups in total. The number of fused-ring (bicyclic) bond motifs is 2. The van der Waals surface area contributed by atoms with E-state index in [1.165, 1.54) is 0 Å². The molecule has 0 unspecified atom stereocenters. The molecule has 1 aromatic carbocycles. The summed E-state index contributed by atoms with van der Waals surface area (Å²) in [5.41, 5.74) is 0.734. The van der Waals surface area contributed by atoms with E-state index in [1.54, 1.807) is 6.07 Å². The second-order valence-electron chi connectivity index (χ2n) is 9.11. The fourth-order valence-corrected chi connectivity index (χ4v) is 4.70. The third kappa shape index (κ3) is 3.79. The Morgan fingerprint density at radius 2 is 1.97 bits per heavy atom. The van der Waals surface area contributed by atoms with Crippen molar-refractivity contribution in [2.45, 2.75) is 83.0 Å². The summed E-state index contributed by atoms with van der Waals surface area (Å²) in [6, 6.07) is 3.42. The lowest BCUT2D eigenvalue weighted by Gasteiger charge is -2.41. The Labute approximate surface area is 176 Å². The third-order valence-corrected chi connectivity index (χ3v) is 6.91. The van der Waals surface area contributed by atoms with E-state index < -0.39 is 11.1 Å². The first-order chi connectivity index (χ1) is 13.7. The molecule has 0 atom stereocenters. The van der Waals surface area contributed by atoms with Crippen LogP contribution in [0.2, 0.25) is 5.02 Å². The molecule has 2 amide bonds. The van der Waals surface area contributed by atoms with E-state index in [1.807, 2.05) is 26.8 Å². The van der Waals surface area contributed by atoms with Crippen molar-refractivity contribution >= 4 is 29.3 Å². The highest BCUT2D eigenvalue weighted by molar-refractivity contribution is 6.34. The molecule has 3 aliphatic rings. The van der Waals surface area contributed by atoms with Crippen LogP contribution in [-0.4, -0.2) is 23.7 Å². The molecule has 2 aliphatic carbocycles. The van der Waals surface area contributed by atoms with Gasteiger partial charge in [-0.15, -0.1) is 0 Å². The van der Waals surface area contributed by atoms with Gasteiger partial charge in [0.2, 0.25) is 0 Å². The Morgan fingerprint density at radius 1 is 1.28 bits per heavy atom. The predicted octanol–water partition coefficient (Wildman–Crippen LogP) is 5.13. The van der Waals surface area contributed by atoms with E-state index in [4.69, 9.17) is 21.1 Å². The Balaban J connectivity index is 1.50. The Morgan fingerprint density at radius 3 is 2.62 bits per heavy atom. The van der Waals surface area contributed by atoms with Gasteiger partial charge in [-0.05, 0) is 58.1 Å². The standard InChI is InChI=1S/C22H29ClN2O4/c1-4-21(2,3)29-19(26)13-11-14(12-13)28-16-8-7-15(23)18-17(16)22(9-5-6-10-22)25-20(27)24-18/h7-8,13-14H,4-6,9-12H2,1-3H3,(H2,24,25,27). The topological polar surface area (TPSA) is 76.7 Å². The largest absolute Gasteiger partial charge is 0.490 e. The number of esters is 1. The van der Waals surface area contributed by atoms with Crippen LogP contribution < -0.4 is 15.4 Å². The smallest absolute Gasteiger partial charge is 0.319 e. The minimum Gasteiger partial charge on any atom is -0.490 e. The average molecular weight is 421 g/mol. The second kappa shape index (κ2) is 7.38. The Kier molecular flexibility index (Phi) is 5.18. The number of benzene rings is 1. The van der Waals surface area contributed by atoms with Crippen molar-refractivity contribution in [3.8, 4) is 5.75 Å². The number of ether oxygens (including phenoxy) is 2. The number of hydrogen-bond donors (Lipinski definition) is 2. The van der Waals surface area contributed by atoms with Crippen molar-refractivity contribution in [2.24, 2.45) is 5.92 Å². The lowest BCUT2D eigenvalue weighted by molar-refractivity contribution is -0.168. The van der Waals surface area contributed by atoms with Gasteiger partial charge in [0, 0.05) is 5.56 Å². The van der Waals surface area contributed by atoms with Crippen molar-refractivity contribution in [3.63, 3.8) is 0 Å². The summed E-state index contributed by atoms with van der Waals surface area (Å²) in [5.74, 6) is 0.479. The maximum atomic E-state index is 12.4. The number of nitrogens with one attached hydrogen (secondary N) is 2. The first-order valence-electron chi connectivity index (χ1n) is 10.5. The van der Waals surface area contributed by atoms with E-state index in [9.17, 15) is 9.59 Å². The molecule has 158 valence electrons. The molecule has 0 bridgehead atoms. The quantitative estimate of drug-likeness (QED) is 0.647. The van der Waals surface area contributed by atoms with E-state index in [2.05, 4.69) is 10.6 Å². The van der Waals surface area contributed by atoms with Gasteiger partial charge in [-0.2, -0.15) is 0 Å². The van der Waals surface area contributed by atoms with Crippen LogP contribution in [-0.2, 0) is 15.1 Å². The fraction of sp³-hybridized carbons (Fsp3) is 0.636. The molecule has 0 saturated heterocycles. The monoisotopic (exact) mass is 420 g/mol. The summed E-state index contributed by atoms with van der Waals surface area (Å²) in [4.78, 5) is 24.6. The normalized spacial score (nSPS) is 24.9. The zero-order valence-corrected chi connectivity index (χ0v) is 18.0. The number of anilines is 1. The third-order valence-electron chi connectivity index (χ3n) is 6.59. The van der Waals surface area contributed by atoms with Crippen molar-refractivity contribution < 1.29 is 19.1 Å². The van der Waals surface area contributed by atoms with E-state index in [0.29, 0.717) is 23.6 Å². The zero-order valence-electron chi connectivity index (χ0n) is 17.3. The van der Waals surface area contributed by atoms with Crippen LogP contribution >= 0.6 is 11.6 Å². The molecule has 7 heteroatoms. The van der Waals surface area contributed by atoms with Crippen molar-refractivity contribution in [2.75, 3.05) is 5.32 Å². The van der Waals surface area contributed by atoms with Gasteiger partial charge in [-0.25, -0.2) is 4.79 Å². The summed E-state index contributed by atoms with van der Waals surface area (Å²) < 4.78 is 11.9. The maximum absolute atomic E-state index is 12.4. The van der Waals surface area contributed by atoms with Crippen molar-refractivity contribution in [1.82, 2.24) is 5.32 Å². The molecule has 1 heterocycles. The number of rotatable bonds is 5. The van der Waals surface area contributed by atoms with Crippen LogP contribution in [0, 0.1) is 5.92 Å². The highest BCUT2D eigenvalue weighted by Gasteiger charge is 2.46. The van der Waals surface area contributed by atoms with Crippen LogP contribution in [0.5, 0.6) is 5.75 Å². The summed E-state index contributed by atoms with van der Waals surface area (Å²) in [5, 5.41) is 6.49. The van der Waals surface area contributed by atoms with Gasteiger partial charge in [-0.3, -0.25) is 4.79 Å². The minimum absolute atomic E-state index is 0.0429. The fourth-order valence-electron chi connectivity index (χ4n) is 4.49. The molecule has 29 heavy (non-hydrogen) atoms. The van der Waals surface area contributed by atoms with Crippen LogP contribution in [0.4, 0.5) is 10.5 Å². The molecule has 6 nitrogen and oxygen atoms in total. The van der Waals surface area contributed by atoms with Gasteiger partial charge in [0.05, 0.1) is 22.2 Å². The number of carbonyl (C=O) groups excluding carboxylic acids is 2. The van der Waals surface area contributed by atoms with Gasteiger partial charge in [-0.1, -0.05) is 31.4 Å². The molecule has 2 fully saturated rings. The summed E-state index contributed by atoms with van der Waals surface area (Å²) >= 11 is 6.41. The van der Waals surface area contributed by atoms with Gasteiger partial charge < -0.3 is 20.1 Å². The van der Waals surface area contributed by atoms with Crippen molar-refractivity contribution in [1.29, 1.82) is 0 Å². The van der Waals surface area contributed by atoms with Crippen LogP contribution in [0.25, 0.3) is 0 Å². The molecule has 4 rings (SSSR count). The van der Waals surface area contributed by atoms with Gasteiger partial charge in [0.25, 0.3) is 0 Å². The van der Waals surface area contributed by atoms with E-state index in [-0.39, 0.29) is 24.0 Å². The molecule has 0 aromatic heterocycles. The average Bonchev–Trinajstić information content (AvgIpc) is 3.07. The summed E-state index contributed by atoms with van der Waals surface area (Å²) in [6.07, 6.45) is 5.87. The first-order valence-corrected chi connectivity index (χ1v) is 10.9. The lowest BCUT2D eigenvalue weighted by Crippen LogP contribution is -2.50. The minimum atomic E-state index is -0.434. The molecule has 1 spiro atoms. The zero-order chi connectivity index (χ0) is 20.8. The van der Waals surface area contributed by atoms with Crippen LogP contribution in [0.1, 0.15) is 71.3 Å². The number of hydrogen-bond acceptors (Lipinski definition) is 4. The van der Waals surface area contributed by atoms with Gasteiger partial charge in [0.15, 0.2) is 0 Å².